The van der Waals surface area contributed by atoms with Gasteiger partial charge in [0, 0.05) is 31.5 Å². The standard InChI is InChI=1S/C14H22N4O2/c19-7-9-3-1-2-4-10(9)18-14(20)12-5-11-13(6-15-12)17-8-16-11/h8-10,12,15,19H,1-7H2,(H,16,17)(H,18,20). The maximum Gasteiger partial charge on any atom is 0.237 e. The monoisotopic (exact) mass is 278 g/mol. The Morgan fingerprint density at radius 2 is 2.30 bits per heavy atom. The molecule has 2 aliphatic rings. The number of hydrogen-bond acceptors (Lipinski definition) is 4. The first kappa shape index (κ1) is 13.6. The molecular weight excluding hydrogens is 256 g/mol. The van der Waals surface area contributed by atoms with Crippen LogP contribution in [0.15, 0.2) is 6.33 Å². The number of nitrogens with one attached hydrogen (secondary N) is 3. The summed E-state index contributed by atoms with van der Waals surface area (Å²) in [4.78, 5) is 19.7. The van der Waals surface area contributed by atoms with Gasteiger partial charge in [0.25, 0.3) is 0 Å². The van der Waals surface area contributed by atoms with Gasteiger partial charge in [0.1, 0.15) is 0 Å². The Hall–Kier alpha value is -1.40. The molecule has 0 spiro atoms. The number of hydrogen-bond donors (Lipinski definition) is 4. The van der Waals surface area contributed by atoms with Crippen molar-refractivity contribution in [1.82, 2.24) is 20.6 Å². The normalized spacial score (nSPS) is 29.8. The van der Waals surface area contributed by atoms with Gasteiger partial charge in [-0.05, 0) is 12.8 Å². The molecule has 1 aliphatic heterocycles. The van der Waals surface area contributed by atoms with Crippen molar-refractivity contribution in [3.63, 3.8) is 0 Å². The van der Waals surface area contributed by atoms with Gasteiger partial charge in [0.15, 0.2) is 0 Å². The van der Waals surface area contributed by atoms with Gasteiger partial charge in [-0.1, -0.05) is 12.8 Å². The third-order valence-electron chi connectivity index (χ3n) is 4.52. The highest BCUT2D eigenvalue weighted by Gasteiger charge is 2.30. The van der Waals surface area contributed by atoms with Crippen LogP contribution in [0.25, 0.3) is 0 Å². The Kier molecular flexibility index (Phi) is 4.03. The van der Waals surface area contributed by atoms with E-state index in [1.807, 2.05) is 0 Å². The topological polar surface area (TPSA) is 90.0 Å². The molecule has 6 nitrogen and oxygen atoms in total. The molecule has 1 amide bonds. The van der Waals surface area contributed by atoms with Gasteiger partial charge in [0.2, 0.25) is 5.91 Å². The number of aromatic amines is 1. The minimum absolute atomic E-state index is 0.0315. The van der Waals surface area contributed by atoms with Crippen LogP contribution in [-0.2, 0) is 17.8 Å². The number of rotatable bonds is 3. The van der Waals surface area contributed by atoms with Gasteiger partial charge in [-0.15, -0.1) is 0 Å². The average molecular weight is 278 g/mol. The Morgan fingerprint density at radius 1 is 1.45 bits per heavy atom. The molecule has 0 aromatic carbocycles. The van der Waals surface area contributed by atoms with E-state index in [1.165, 1.54) is 0 Å². The molecule has 3 unspecified atom stereocenters. The first-order chi connectivity index (χ1) is 9.78. The zero-order valence-electron chi connectivity index (χ0n) is 11.6. The van der Waals surface area contributed by atoms with Crippen molar-refractivity contribution < 1.29 is 9.90 Å². The van der Waals surface area contributed by atoms with Crippen molar-refractivity contribution in [2.24, 2.45) is 5.92 Å². The van der Waals surface area contributed by atoms with Crippen molar-refractivity contribution >= 4 is 5.91 Å². The lowest BCUT2D eigenvalue weighted by atomic mass is 9.85. The predicted octanol–water partition coefficient (Wildman–Crippen LogP) is 0.0913. The van der Waals surface area contributed by atoms with E-state index in [2.05, 4.69) is 20.6 Å². The van der Waals surface area contributed by atoms with Crippen LogP contribution in [0.4, 0.5) is 0 Å². The van der Waals surface area contributed by atoms with Crippen LogP contribution in [-0.4, -0.2) is 39.7 Å². The summed E-state index contributed by atoms with van der Waals surface area (Å²) in [6.45, 7) is 0.814. The quantitative estimate of drug-likeness (QED) is 0.631. The largest absolute Gasteiger partial charge is 0.396 e. The third-order valence-corrected chi connectivity index (χ3v) is 4.52. The number of aromatic nitrogens is 2. The molecule has 0 saturated heterocycles. The van der Waals surface area contributed by atoms with Gasteiger partial charge in [-0.25, -0.2) is 4.98 Å². The van der Waals surface area contributed by atoms with E-state index >= 15 is 0 Å². The summed E-state index contributed by atoms with van der Waals surface area (Å²) in [5.41, 5.74) is 2.05. The number of imidazole rings is 1. The first-order valence-electron chi connectivity index (χ1n) is 7.43. The number of nitrogens with zero attached hydrogens (tertiary/aromatic N) is 1. The Labute approximate surface area is 118 Å². The number of amides is 1. The summed E-state index contributed by atoms with van der Waals surface area (Å²) >= 11 is 0. The number of aliphatic hydroxyl groups excluding tert-OH is 1. The lowest BCUT2D eigenvalue weighted by Crippen LogP contribution is -2.53. The van der Waals surface area contributed by atoms with E-state index in [-0.39, 0.29) is 30.5 Å². The number of carbonyl (C=O) groups excluding carboxylic acids is 1. The smallest absolute Gasteiger partial charge is 0.237 e. The zero-order chi connectivity index (χ0) is 13.9. The van der Waals surface area contributed by atoms with Crippen LogP contribution in [0.2, 0.25) is 0 Å². The van der Waals surface area contributed by atoms with E-state index in [1.54, 1.807) is 6.33 Å². The van der Waals surface area contributed by atoms with Crippen LogP contribution in [0, 0.1) is 5.92 Å². The Morgan fingerprint density at radius 3 is 3.15 bits per heavy atom. The molecule has 0 bridgehead atoms. The summed E-state index contributed by atoms with van der Waals surface area (Å²) < 4.78 is 0. The fraction of sp³-hybridized carbons (Fsp3) is 0.714. The number of carbonyl (C=O) groups is 1. The van der Waals surface area contributed by atoms with Crippen molar-refractivity contribution in [2.75, 3.05) is 6.61 Å². The second kappa shape index (κ2) is 5.93. The highest BCUT2D eigenvalue weighted by Crippen LogP contribution is 2.24. The van der Waals surface area contributed by atoms with Crippen LogP contribution >= 0.6 is 0 Å². The summed E-state index contributed by atoms with van der Waals surface area (Å²) in [7, 11) is 0. The highest BCUT2D eigenvalue weighted by molar-refractivity contribution is 5.82. The minimum atomic E-state index is -0.216. The maximum atomic E-state index is 12.4. The van der Waals surface area contributed by atoms with Crippen LogP contribution < -0.4 is 10.6 Å². The first-order valence-corrected chi connectivity index (χ1v) is 7.43. The van der Waals surface area contributed by atoms with Gasteiger partial charge >= 0.3 is 0 Å². The molecule has 110 valence electrons. The van der Waals surface area contributed by atoms with Gasteiger partial charge in [-0.2, -0.15) is 0 Å². The number of H-pyrrole nitrogens is 1. The molecule has 3 rings (SSSR count). The third kappa shape index (κ3) is 2.71. The molecule has 4 N–H and O–H groups in total. The fourth-order valence-corrected chi connectivity index (χ4v) is 3.25. The van der Waals surface area contributed by atoms with Gasteiger partial charge < -0.3 is 15.4 Å². The molecule has 1 saturated carbocycles. The lowest BCUT2D eigenvalue weighted by molar-refractivity contribution is -0.124. The number of fused-ring (bicyclic) bond motifs is 1. The van der Waals surface area contributed by atoms with Crippen molar-refractivity contribution in [3.05, 3.63) is 17.7 Å². The van der Waals surface area contributed by atoms with E-state index in [0.717, 1.165) is 37.1 Å². The van der Waals surface area contributed by atoms with Crippen molar-refractivity contribution in [1.29, 1.82) is 0 Å². The molecule has 1 aliphatic carbocycles. The van der Waals surface area contributed by atoms with Crippen molar-refractivity contribution in [3.8, 4) is 0 Å². The molecule has 2 heterocycles. The van der Waals surface area contributed by atoms with Gasteiger partial charge in [0.05, 0.1) is 23.8 Å². The number of aliphatic hydroxyl groups is 1. The summed E-state index contributed by atoms with van der Waals surface area (Å²) in [5.74, 6) is 0.237. The predicted molar refractivity (Wildman–Crippen MR) is 73.9 cm³/mol. The SMILES string of the molecule is O=C(NC1CCCCC1CO)C1Cc2nc[nH]c2CN1. The van der Waals surface area contributed by atoms with Gasteiger partial charge in [-0.3, -0.25) is 10.1 Å². The molecule has 6 heteroatoms. The molecule has 3 atom stereocenters. The summed E-state index contributed by atoms with van der Waals surface area (Å²) in [6, 6.07) is -0.101. The van der Waals surface area contributed by atoms with Crippen LogP contribution in [0.3, 0.4) is 0 Å². The van der Waals surface area contributed by atoms with Crippen molar-refractivity contribution in [2.45, 2.75) is 50.7 Å². The molecule has 1 fully saturated rings. The zero-order valence-corrected chi connectivity index (χ0v) is 11.6. The van der Waals surface area contributed by atoms with E-state index in [0.29, 0.717) is 13.0 Å². The second-order valence-corrected chi connectivity index (χ2v) is 5.81. The minimum Gasteiger partial charge on any atom is -0.396 e. The Bertz CT molecular complexity index is 473. The molecular formula is C14H22N4O2. The second-order valence-electron chi connectivity index (χ2n) is 5.81. The highest BCUT2D eigenvalue weighted by atomic mass is 16.3. The summed E-state index contributed by atoms with van der Waals surface area (Å²) in [6.07, 6.45) is 6.55. The van der Waals surface area contributed by atoms with E-state index in [9.17, 15) is 9.90 Å². The molecule has 1 aromatic rings. The Balaban J connectivity index is 1.59. The fourth-order valence-electron chi connectivity index (χ4n) is 3.25. The average Bonchev–Trinajstić information content (AvgIpc) is 2.95. The van der Waals surface area contributed by atoms with E-state index < -0.39 is 0 Å². The molecule has 20 heavy (non-hydrogen) atoms. The molecule has 1 aromatic heterocycles. The van der Waals surface area contributed by atoms with Crippen LogP contribution in [0.1, 0.15) is 37.1 Å². The maximum absolute atomic E-state index is 12.4. The lowest BCUT2D eigenvalue weighted by Gasteiger charge is -2.32. The summed E-state index contributed by atoms with van der Waals surface area (Å²) in [5, 5.41) is 15.8. The molecule has 0 radical (unpaired) electrons. The van der Waals surface area contributed by atoms with Crippen LogP contribution in [0.5, 0.6) is 0 Å². The van der Waals surface area contributed by atoms with E-state index in [4.69, 9.17) is 0 Å².